The monoisotopic (exact) mass is 1200 g/mol. The van der Waals surface area contributed by atoms with Crippen LogP contribution < -0.4 is 40.0 Å². The normalized spacial score (nSPS) is 11.0. The van der Waals surface area contributed by atoms with Gasteiger partial charge in [0.15, 0.2) is 63.2 Å². The highest BCUT2D eigenvalue weighted by Gasteiger charge is 2.17. The van der Waals surface area contributed by atoms with Crippen molar-refractivity contribution in [2.45, 2.75) is 31.5 Å². The van der Waals surface area contributed by atoms with Gasteiger partial charge >= 0.3 is 5.97 Å². The second-order valence-electron chi connectivity index (χ2n) is 19.3. The number of nitrogens with two attached hydrogens (primary N) is 1. The van der Waals surface area contributed by atoms with E-state index in [0.717, 1.165) is 56.2 Å². The molecule has 0 unspecified atom stereocenters. The van der Waals surface area contributed by atoms with E-state index < -0.39 is 10.0 Å². The fourth-order valence-corrected chi connectivity index (χ4v) is 9.82. The summed E-state index contributed by atoms with van der Waals surface area (Å²) in [4.78, 5) is 58.4. The lowest BCUT2D eigenvalue weighted by molar-refractivity contribution is 0.0600. The van der Waals surface area contributed by atoms with E-state index in [1.165, 1.54) is 26.2 Å². The number of carbonyl (C=O) groups is 2. The molecule has 0 spiro atoms. The maximum absolute atomic E-state index is 11.7. The number of rotatable bonds is 19. The largest absolute Gasteiger partial charge is 0.493 e. The Kier molecular flexibility index (Phi) is 18.5. The fourth-order valence-electron chi connectivity index (χ4n) is 9.30. The van der Waals surface area contributed by atoms with Gasteiger partial charge in [0.05, 0.1) is 100 Å². The van der Waals surface area contributed by atoms with Crippen LogP contribution in [0.15, 0.2) is 188 Å². The minimum Gasteiger partial charge on any atom is -0.493 e. The van der Waals surface area contributed by atoms with Crippen molar-refractivity contribution in [1.29, 1.82) is 0 Å². The summed E-state index contributed by atoms with van der Waals surface area (Å²) in [5.74, 6) is 4.24. The quantitative estimate of drug-likeness (QED) is 0.0433. The molecule has 25 heteroatoms. The average Bonchev–Trinajstić information content (AvgIpc) is 2.10. The number of ether oxygens (including phenoxy) is 5. The fraction of sp³-hybridized carbons (Fsp3) is 0.143. The number of nitrogens with one attached hydrogen (secondary N) is 3. The molecular weight excluding hydrogens is 1140 g/mol. The number of esters is 1. The highest BCUT2D eigenvalue weighted by atomic mass is 32.2. The van der Waals surface area contributed by atoms with E-state index in [4.69, 9.17) is 28.8 Å². The molecule has 446 valence electrons. The maximum Gasteiger partial charge on any atom is 0.337 e. The van der Waals surface area contributed by atoms with Crippen LogP contribution in [0, 0.1) is 0 Å². The molecular formula is C63H59N15O9S. The van der Waals surface area contributed by atoms with Gasteiger partial charge in [0, 0.05) is 84.9 Å². The number of ketones is 1. The van der Waals surface area contributed by atoms with Crippen LogP contribution in [0.5, 0.6) is 23.0 Å². The molecule has 12 aromatic rings. The molecule has 7 aromatic heterocycles. The molecule has 0 bridgehead atoms. The number of fused-ring (bicyclic) bond motifs is 3. The Morgan fingerprint density at radius 3 is 1.35 bits per heavy atom. The number of Topliss-reactive ketones (excluding diaryl/α,β-unsaturated/α-hetero) is 1. The average molecular weight is 1200 g/mol. The standard InChI is InChI=1S/C23H22N4O4.C21H19N5O3S.C19H18N6O2/c1-29-19-9-8-17(12-20(19)30-2)18-14-26-22-21(24-10-11-27(18)22)25-13-15-4-6-16(7-5-15)23(28)31-3;1-14(27)16-3-2-4-17(11-16)19-13-25-21-20(23-9-10-26(19)21)24-12-15-5-7-18(8-6-15)30(22,28)29;1-26-16-4-3-13(9-17(16)27-2)15-12-24-19-18(22-7-8-25(15)19)23-11-14-10-20-5-6-21-14/h4-12,14H,13H2,1-3H3,(H,24,25);2-11,13H,12H2,1H3,(H,23,24)(H2,22,28,29);3-10,12H,11H2,1-2H3,(H,22,23). The van der Waals surface area contributed by atoms with E-state index in [2.05, 4.69) is 55.8 Å². The summed E-state index contributed by atoms with van der Waals surface area (Å²) >= 11 is 0. The Morgan fingerprint density at radius 1 is 0.477 bits per heavy atom. The van der Waals surface area contributed by atoms with Gasteiger partial charge in [-0.3, -0.25) is 28.0 Å². The Morgan fingerprint density at radius 2 is 0.932 bits per heavy atom. The van der Waals surface area contributed by atoms with Crippen LogP contribution in [0.2, 0.25) is 0 Å². The van der Waals surface area contributed by atoms with E-state index in [1.807, 2.05) is 105 Å². The number of hydrogen-bond donors (Lipinski definition) is 4. The third-order valence-electron chi connectivity index (χ3n) is 13.8. The van der Waals surface area contributed by atoms with E-state index in [1.54, 1.807) is 108 Å². The Labute approximate surface area is 505 Å². The zero-order valence-electron chi connectivity index (χ0n) is 48.5. The molecule has 0 saturated heterocycles. The van der Waals surface area contributed by atoms with Crippen molar-refractivity contribution in [1.82, 2.24) is 53.1 Å². The number of imidazole rings is 3. The minimum absolute atomic E-state index is 0.00291. The first-order valence-corrected chi connectivity index (χ1v) is 28.6. The molecule has 0 aliphatic rings. The van der Waals surface area contributed by atoms with Crippen molar-refractivity contribution in [3.63, 3.8) is 0 Å². The van der Waals surface area contributed by atoms with Gasteiger partial charge in [0.25, 0.3) is 0 Å². The van der Waals surface area contributed by atoms with Crippen LogP contribution in [0.25, 0.3) is 50.7 Å². The summed E-state index contributed by atoms with van der Waals surface area (Å²) < 4.78 is 54.8. The number of hydrogen-bond acceptors (Lipinski definition) is 20. The maximum atomic E-state index is 11.7. The molecule has 12 rings (SSSR count). The summed E-state index contributed by atoms with van der Waals surface area (Å²) in [5, 5.41) is 14.9. The number of methoxy groups -OCH3 is 5. The van der Waals surface area contributed by atoms with Crippen LogP contribution in [-0.2, 0) is 34.4 Å². The van der Waals surface area contributed by atoms with Crippen molar-refractivity contribution < 1.29 is 41.7 Å². The van der Waals surface area contributed by atoms with Gasteiger partial charge in [-0.1, -0.05) is 42.5 Å². The van der Waals surface area contributed by atoms with Gasteiger partial charge in [0.2, 0.25) is 10.0 Å². The molecule has 5 aromatic carbocycles. The third-order valence-corrected chi connectivity index (χ3v) is 14.7. The number of carbonyl (C=O) groups excluding carboxylic acids is 2. The topological polar surface area (TPSA) is 293 Å². The lowest BCUT2D eigenvalue weighted by atomic mass is 10.1. The Hall–Kier alpha value is -11.3. The third kappa shape index (κ3) is 13.6. The molecule has 0 saturated carbocycles. The second-order valence-corrected chi connectivity index (χ2v) is 20.8. The predicted molar refractivity (Wildman–Crippen MR) is 331 cm³/mol. The van der Waals surface area contributed by atoms with Crippen LogP contribution in [-0.4, -0.2) is 109 Å². The van der Waals surface area contributed by atoms with E-state index in [9.17, 15) is 18.0 Å². The predicted octanol–water partition coefficient (Wildman–Crippen LogP) is 9.49. The SMILES string of the molecule is CC(=O)c1cccc(-c2cnc3c(NCc4ccc(S(N)(=O)=O)cc4)nccn23)c1.COC(=O)c1ccc(CNc2nccn3c(-c4ccc(OC)c(OC)c4)cnc23)cc1.COc1ccc(-c2cnc3c(NCc4cnccn4)nccn23)cc1OC. The first-order chi connectivity index (χ1) is 42.8. The Balaban J connectivity index is 0.000000146. The van der Waals surface area contributed by atoms with Crippen LogP contribution in [0.1, 0.15) is 44.5 Å². The van der Waals surface area contributed by atoms with Crippen molar-refractivity contribution in [2.75, 3.05) is 51.5 Å². The highest BCUT2D eigenvalue weighted by molar-refractivity contribution is 7.89. The van der Waals surface area contributed by atoms with Crippen molar-refractivity contribution in [2.24, 2.45) is 5.14 Å². The zero-order chi connectivity index (χ0) is 61.7. The number of anilines is 3. The summed E-state index contributed by atoms with van der Waals surface area (Å²) in [6, 6.07) is 32.5. The second kappa shape index (κ2) is 27.2. The van der Waals surface area contributed by atoms with E-state index >= 15 is 0 Å². The summed E-state index contributed by atoms with van der Waals surface area (Å²) in [6.07, 6.45) is 21.1. The van der Waals surface area contributed by atoms with Crippen LogP contribution in [0.4, 0.5) is 17.5 Å². The zero-order valence-corrected chi connectivity index (χ0v) is 49.3. The van der Waals surface area contributed by atoms with Crippen molar-refractivity contribution in [3.8, 4) is 56.8 Å². The molecule has 5 N–H and O–H groups in total. The van der Waals surface area contributed by atoms with Gasteiger partial charge in [-0.15, -0.1) is 0 Å². The number of aromatic nitrogens is 11. The van der Waals surface area contributed by atoms with E-state index in [0.29, 0.717) is 82.5 Å². The molecule has 7 heterocycles. The van der Waals surface area contributed by atoms with Gasteiger partial charge in [-0.05, 0) is 84.8 Å². The lowest BCUT2D eigenvalue weighted by Crippen LogP contribution is -2.12. The van der Waals surface area contributed by atoms with Gasteiger partial charge in [-0.25, -0.2) is 48.3 Å². The van der Waals surface area contributed by atoms with Gasteiger partial charge in [0.1, 0.15) is 0 Å². The first-order valence-electron chi connectivity index (χ1n) is 27.0. The number of sulfonamides is 1. The van der Waals surface area contributed by atoms with Gasteiger partial charge in [-0.2, -0.15) is 0 Å². The Bertz CT molecular complexity index is 4540. The molecule has 0 aliphatic carbocycles. The summed E-state index contributed by atoms with van der Waals surface area (Å²) in [5.41, 5.74) is 11.4. The highest BCUT2D eigenvalue weighted by Crippen LogP contribution is 2.35. The lowest BCUT2D eigenvalue weighted by Gasteiger charge is -2.10. The molecule has 24 nitrogen and oxygen atoms in total. The van der Waals surface area contributed by atoms with Gasteiger partial charge < -0.3 is 39.6 Å². The van der Waals surface area contributed by atoms with Crippen LogP contribution >= 0.6 is 0 Å². The number of primary sulfonamides is 1. The minimum atomic E-state index is -3.71. The smallest absolute Gasteiger partial charge is 0.337 e. The first kappa shape index (κ1) is 59.8. The molecule has 0 radical (unpaired) electrons. The molecule has 0 fully saturated rings. The molecule has 0 amide bonds. The summed E-state index contributed by atoms with van der Waals surface area (Å²) in [6.45, 7) is 3.01. The number of benzene rings is 5. The van der Waals surface area contributed by atoms with E-state index in [-0.39, 0.29) is 16.6 Å². The van der Waals surface area contributed by atoms with Crippen molar-refractivity contribution in [3.05, 3.63) is 212 Å². The molecule has 0 atom stereocenters. The van der Waals surface area contributed by atoms with Crippen LogP contribution in [0.3, 0.4) is 0 Å². The molecule has 88 heavy (non-hydrogen) atoms. The number of nitrogens with zero attached hydrogens (tertiary/aromatic N) is 11. The molecule has 0 aliphatic heterocycles. The van der Waals surface area contributed by atoms with Crippen molar-refractivity contribution >= 4 is 56.2 Å². The summed E-state index contributed by atoms with van der Waals surface area (Å²) in [7, 11) is 4.11.